The van der Waals surface area contributed by atoms with Crippen LogP contribution in [-0.4, -0.2) is 190 Å². The number of carbonyl (C=O) groups excluding carboxylic acids is 4. The number of aromatic nitrogens is 9. The summed E-state index contributed by atoms with van der Waals surface area (Å²) >= 11 is 0. The van der Waals surface area contributed by atoms with Crippen molar-refractivity contribution in [1.82, 2.24) is 64.5 Å². The molecule has 0 saturated carbocycles. The molecular formula is C55H73N17O9. The molecule has 7 aromatic rings. The number of hydrogen-bond acceptors (Lipinski definition) is 20. The van der Waals surface area contributed by atoms with Crippen molar-refractivity contribution < 1.29 is 42.5 Å². The van der Waals surface area contributed by atoms with Crippen molar-refractivity contribution in [2.24, 2.45) is 0 Å². The number of benzene rings is 2. The fourth-order valence-electron chi connectivity index (χ4n) is 9.36. The molecule has 0 spiro atoms. The number of nitrogens with zero attached hydrogens (tertiary/aromatic N) is 12. The molecule has 81 heavy (non-hydrogen) atoms. The Kier molecular flexibility index (Phi) is 20.6. The molecule has 26 heteroatoms. The van der Waals surface area contributed by atoms with E-state index in [0.29, 0.717) is 162 Å². The quantitative estimate of drug-likeness (QED) is 0.0329. The zero-order valence-electron chi connectivity index (χ0n) is 46.7. The Morgan fingerprint density at radius 2 is 1.52 bits per heavy atom. The van der Waals surface area contributed by atoms with Crippen LogP contribution in [0.3, 0.4) is 0 Å². The second-order valence-corrected chi connectivity index (χ2v) is 20.0. The number of anilines is 4. The average molecular weight is 1120 g/mol. The molecule has 1 aliphatic rings. The zero-order chi connectivity index (χ0) is 57.4. The number of nitrogens with one attached hydrogen (secondary N) is 2. The number of rotatable bonds is 29. The summed E-state index contributed by atoms with van der Waals surface area (Å²) in [4.78, 5) is 79.0. The highest BCUT2D eigenvalue weighted by molar-refractivity contribution is 6.13. The lowest BCUT2D eigenvalue weighted by Gasteiger charge is -2.32. The molecular weight excluding hydrogens is 1040 g/mol. The molecule has 26 nitrogen and oxygen atoms in total. The van der Waals surface area contributed by atoms with Crippen molar-refractivity contribution in [3.05, 3.63) is 77.5 Å². The van der Waals surface area contributed by atoms with E-state index in [0.717, 1.165) is 35.1 Å². The van der Waals surface area contributed by atoms with Crippen LogP contribution in [0.5, 0.6) is 0 Å². The minimum atomic E-state index is -0.470. The number of piperidine rings is 1. The van der Waals surface area contributed by atoms with Crippen LogP contribution in [0.4, 0.5) is 23.3 Å². The van der Waals surface area contributed by atoms with Crippen LogP contribution in [-0.2, 0) is 46.3 Å². The molecule has 432 valence electrons. The molecule has 2 aromatic carbocycles. The second kappa shape index (κ2) is 28.3. The number of oxazole rings is 1. The van der Waals surface area contributed by atoms with Gasteiger partial charge in [0.2, 0.25) is 17.7 Å². The van der Waals surface area contributed by atoms with E-state index in [9.17, 15) is 19.2 Å². The Bertz CT molecular complexity index is 3340. The smallest absolute Gasteiger partial charge is 0.292 e. The summed E-state index contributed by atoms with van der Waals surface area (Å²) in [6, 6.07) is 8.95. The third-order valence-electron chi connectivity index (χ3n) is 14.0. The molecule has 0 aliphatic carbocycles. The number of likely N-dealkylation sites (tertiary alicyclic amines) is 1. The number of unbranched alkanes of at least 4 members (excludes halogenated alkanes) is 1. The first-order chi connectivity index (χ1) is 39.2. The maximum absolute atomic E-state index is 13.9. The molecule has 5 aromatic heterocycles. The van der Waals surface area contributed by atoms with Crippen LogP contribution in [0.15, 0.2) is 59.6 Å². The van der Waals surface area contributed by atoms with Gasteiger partial charge in [0.05, 0.1) is 76.1 Å². The van der Waals surface area contributed by atoms with Crippen molar-refractivity contribution >= 4 is 80.1 Å². The first-order valence-corrected chi connectivity index (χ1v) is 27.1. The third-order valence-corrected chi connectivity index (χ3v) is 14.0. The maximum atomic E-state index is 13.9. The minimum Gasteiger partial charge on any atom is -0.424 e. The molecule has 1 aliphatic heterocycles. The molecule has 8 N–H and O–H groups in total. The number of ether oxygens (including phenoxy) is 4. The Hall–Kier alpha value is -8.17. The summed E-state index contributed by atoms with van der Waals surface area (Å²) in [5, 5.41) is 16.4. The summed E-state index contributed by atoms with van der Waals surface area (Å²) in [6.07, 6.45) is 9.62. The van der Waals surface area contributed by atoms with Crippen molar-refractivity contribution in [2.75, 3.05) is 129 Å². The molecule has 0 unspecified atom stereocenters. The Balaban J connectivity index is 0.641. The fraction of sp³-hybridized carbons (Fsp3) is 0.473. The van der Waals surface area contributed by atoms with Crippen molar-refractivity contribution in [3.63, 3.8) is 0 Å². The van der Waals surface area contributed by atoms with Gasteiger partial charge in [0.25, 0.3) is 11.9 Å². The number of carbonyl (C=O) groups is 4. The Morgan fingerprint density at radius 1 is 0.815 bits per heavy atom. The van der Waals surface area contributed by atoms with Gasteiger partial charge in [-0.1, -0.05) is 12.1 Å². The van der Waals surface area contributed by atoms with E-state index in [2.05, 4.69) is 40.5 Å². The van der Waals surface area contributed by atoms with E-state index in [1.807, 2.05) is 45.2 Å². The summed E-state index contributed by atoms with van der Waals surface area (Å²) in [7, 11) is 5.40. The van der Waals surface area contributed by atoms with Crippen LogP contribution in [0.25, 0.3) is 44.4 Å². The predicted octanol–water partition coefficient (Wildman–Crippen LogP) is 3.73. The van der Waals surface area contributed by atoms with Gasteiger partial charge in [-0.15, -0.1) is 0 Å². The number of hydrogen-bond donors (Lipinski definition) is 5. The molecule has 1 atom stereocenters. The van der Waals surface area contributed by atoms with E-state index >= 15 is 0 Å². The predicted molar refractivity (Wildman–Crippen MR) is 305 cm³/mol. The van der Waals surface area contributed by atoms with Gasteiger partial charge in [0.1, 0.15) is 35.5 Å². The fourth-order valence-corrected chi connectivity index (χ4v) is 9.36. The normalized spacial score (nSPS) is 13.8. The summed E-state index contributed by atoms with van der Waals surface area (Å²) in [5.74, 6) is -0.206. The highest BCUT2D eigenvalue weighted by atomic mass is 16.6. The molecule has 4 amide bonds. The number of nitrogens with two attached hydrogens (primary N) is 3. The average Bonchev–Trinajstić information content (AvgIpc) is 3.96. The Morgan fingerprint density at radius 3 is 2.26 bits per heavy atom. The minimum absolute atomic E-state index is 0.0147. The highest BCUT2D eigenvalue weighted by Crippen LogP contribution is 2.33. The van der Waals surface area contributed by atoms with Gasteiger partial charge in [-0.3, -0.25) is 19.2 Å². The van der Waals surface area contributed by atoms with Gasteiger partial charge < -0.3 is 65.9 Å². The largest absolute Gasteiger partial charge is 0.424 e. The highest BCUT2D eigenvalue weighted by Gasteiger charge is 2.30. The first kappa shape index (κ1) is 59.0. The lowest BCUT2D eigenvalue weighted by atomic mass is 9.98. The topological polar surface area (TPSA) is 330 Å². The van der Waals surface area contributed by atoms with Gasteiger partial charge in [0, 0.05) is 77.1 Å². The second-order valence-electron chi connectivity index (χ2n) is 20.0. The van der Waals surface area contributed by atoms with Gasteiger partial charge in [-0.05, 0) is 87.5 Å². The summed E-state index contributed by atoms with van der Waals surface area (Å²) in [5.41, 5.74) is 25.2. The zero-order valence-corrected chi connectivity index (χ0v) is 46.7. The van der Waals surface area contributed by atoms with E-state index in [1.165, 1.54) is 12.7 Å². The number of aryl methyl sites for hydroxylation is 1. The lowest BCUT2D eigenvalue weighted by Crippen LogP contribution is -2.40. The van der Waals surface area contributed by atoms with E-state index in [-0.39, 0.29) is 47.7 Å². The maximum Gasteiger partial charge on any atom is 0.292 e. The van der Waals surface area contributed by atoms with Gasteiger partial charge in [-0.2, -0.15) is 15.2 Å². The van der Waals surface area contributed by atoms with E-state index in [1.54, 1.807) is 51.5 Å². The van der Waals surface area contributed by atoms with Crippen LogP contribution >= 0.6 is 0 Å². The van der Waals surface area contributed by atoms with E-state index < -0.39 is 5.91 Å². The van der Waals surface area contributed by atoms with Crippen molar-refractivity contribution in [1.29, 1.82) is 0 Å². The summed E-state index contributed by atoms with van der Waals surface area (Å²) in [6.45, 7) is 10.3. The molecule has 8 rings (SSSR count). The molecule has 1 fully saturated rings. The van der Waals surface area contributed by atoms with E-state index in [4.69, 9.17) is 50.8 Å². The monoisotopic (exact) mass is 1120 g/mol. The molecule has 6 heterocycles. The van der Waals surface area contributed by atoms with Crippen molar-refractivity contribution in [2.45, 2.75) is 65.0 Å². The summed E-state index contributed by atoms with van der Waals surface area (Å²) < 4.78 is 31.5. The molecule has 0 bridgehead atoms. The number of likely N-dealkylation sites (N-methyl/N-ethyl adjacent to an activating group) is 2. The number of fused-ring (bicyclic) bond motifs is 3. The molecule has 0 radical (unpaired) electrons. The number of nitrogen functional groups attached to an aromatic ring is 3. The standard InChI is InChI=1S/C55H73N17O9/c1-35-36(2)40(15-13-37(35)31-45(75)68(3)4)64-54(76)49-47-51(57)61-34-63-53(47)72(67-49)39-10-8-19-70(32-39)44(74)12-9-18-69(5)21-23-78-25-27-80-29-28-79-26-24-77-22-17-59-43(73)11-6-7-20-71-52-46(50(56)60-33-62-52)48(66-71)38-14-16-42-41(30-38)65-55(58)81-42/h9,12-16,30,33-34,39H,6-8,10-11,17-29,31-32H2,1-5H3,(H2,58,65)(H,59,73)(H,64,76)(H2,56,60,62)(H2,57,61,63)/b12-9+/t39-/m1/s1. The lowest BCUT2D eigenvalue weighted by molar-refractivity contribution is -0.128. The Labute approximate surface area is 468 Å². The van der Waals surface area contributed by atoms with Gasteiger partial charge >= 0.3 is 0 Å². The first-order valence-electron chi connectivity index (χ1n) is 27.1. The van der Waals surface area contributed by atoms with Crippen molar-refractivity contribution in [3.8, 4) is 11.3 Å². The molecule has 1 saturated heterocycles. The van der Waals surface area contributed by atoms with Crippen LogP contribution in [0, 0.1) is 13.8 Å². The number of amides is 4. The van der Waals surface area contributed by atoms with Gasteiger partial charge in [0.15, 0.2) is 22.6 Å². The third kappa shape index (κ3) is 15.4. The van der Waals surface area contributed by atoms with Crippen LogP contribution < -0.4 is 27.8 Å². The van der Waals surface area contributed by atoms with Crippen LogP contribution in [0.1, 0.15) is 65.3 Å². The van der Waals surface area contributed by atoms with Crippen LogP contribution in [0.2, 0.25) is 0 Å². The van der Waals surface area contributed by atoms with Gasteiger partial charge in [-0.25, -0.2) is 29.3 Å². The SMILES string of the molecule is Cc1c(CC(=O)N(C)C)ccc(NC(=O)c2nn([C@@H]3CCCN(C(=O)/C=C/CN(C)CCOCCOCCOCCOCCNC(=O)CCCCn4nc(-c5ccc6oc(N)nc6c5)c5c(N)ncnc54)C3)c3ncnc(N)c23)c1C.